The Hall–Kier alpha value is -1.19. The van der Waals surface area contributed by atoms with Crippen molar-refractivity contribution in [1.29, 1.82) is 0 Å². The third kappa shape index (κ3) is 7.75. The van der Waals surface area contributed by atoms with Crippen LogP contribution in [0, 0.1) is 6.92 Å². The largest absolute Gasteiger partial charge is 0.357 e. The molecule has 0 saturated heterocycles. The van der Waals surface area contributed by atoms with Gasteiger partial charge in [0.05, 0.1) is 17.6 Å². The topological polar surface area (TPSA) is 52.6 Å². The van der Waals surface area contributed by atoms with Crippen LogP contribution in [0.15, 0.2) is 41.5 Å². The van der Waals surface area contributed by atoms with E-state index in [4.69, 9.17) is 4.99 Å². The number of guanidine groups is 1. The Morgan fingerprint density at radius 1 is 1.15 bits per heavy atom. The van der Waals surface area contributed by atoms with E-state index in [2.05, 4.69) is 71.6 Å². The highest BCUT2D eigenvalue weighted by atomic mass is 127. The Bertz CT molecular complexity index is 670. The zero-order valence-electron chi connectivity index (χ0n) is 16.7. The number of hydrogen-bond acceptors (Lipinski definition) is 4. The van der Waals surface area contributed by atoms with Crippen LogP contribution in [-0.4, -0.2) is 42.0 Å². The minimum absolute atomic E-state index is 0. The highest BCUT2D eigenvalue weighted by Gasteiger charge is 2.18. The Balaban J connectivity index is 0.00000364. The van der Waals surface area contributed by atoms with Gasteiger partial charge in [0.25, 0.3) is 0 Å². The molecule has 2 rings (SSSR count). The molecule has 0 aliphatic rings. The number of halogens is 1. The first-order chi connectivity index (χ1) is 12.7. The van der Waals surface area contributed by atoms with Gasteiger partial charge in [0.15, 0.2) is 5.96 Å². The SMILES string of the molecule is CCNC(=NCc1cnc(C)s1)NCC(c1ccccc1)N(CC)CC.I. The van der Waals surface area contributed by atoms with Crippen LogP contribution in [0.5, 0.6) is 0 Å². The molecule has 0 saturated carbocycles. The van der Waals surface area contributed by atoms with Gasteiger partial charge >= 0.3 is 0 Å². The lowest BCUT2D eigenvalue weighted by Gasteiger charge is -2.30. The third-order valence-electron chi connectivity index (χ3n) is 4.31. The molecule has 1 aromatic heterocycles. The molecule has 1 aromatic carbocycles. The fraction of sp³-hybridized carbons (Fsp3) is 0.500. The summed E-state index contributed by atoms with van der Waals surface area (Å²) in [5.74, 6) is 0.853. The molecule has 1 atom stereocenters. The van der Waals surface area contributed by atoms with E-state index >= 15 is 0 Å². The van der Waals surface area contributed by atoms with E-state index in [1.807, 2.05) is 13.1 Å². The normalized spacial score (nSPS) is 12.6. The molecule has 1 heterocycles. The first kappa shape index (κ1) is 23.8. The second kappa shape index (κ2) is 13.1. The van der Waals surface area contributed by atoms with E-state index in [1.165, 1.54) is 10.4 Å². The monoisotopic (exact) mass is 501 g/mol. The first-order valence-electron chi connectivity index (χ1n) is 9.40. The van der Waals surface area contributed by atoms with Crippen molar-refractivity contribution in [1.82, 2.24) is 20.5 Å². The average molecular weight is 501 g/mol. The van der Waals surface area contributed by atoms with Crippen LogP contribution in [0.2, 0.25) is 0 Å². The van der Waals surface area contributed by atoms with Gasteiger partial charge in [-0.3, -0.25) is 4.90 Å². The fourth-order valence-electron chi connectivity index (χ4n) is 2.97. The van der Waals surface area contributed by atoms with Gasteiger partial charge in [0.2, 0.25) is 0 Å². The summed E-state index contributed by atoms with van der Waals surface area (Å²) in [4.78, 5) is 12.7. The first-order valence-corrected chi connectivity index (χ1v) is 10.2. The number of nitrogens with one attached hydrogen (secondary N) is 2. The number of thiazole rings is 1. The van der Waals surface area contributed by atoms with Crippen molar-refractivity contribution in [3.63, 3.8) is 0 Å². The van der Waals surface area contributed by atoms with Crippen LogP contribution >= 0.6 is 35.3 Å². The number of benzene rings is 1. The molecule has 2 aromatic rings. The molecule has 27 heavy (non-hydrogen) atoms. The highest BCUT2D eigenvalue weighted by Crippen LogP contribution is 2.19. The Labute approximate surface area is 184 Å². The smallest absolute Gasteiger partial charge is 0.191 e. The summed E-state index contributed by atoms with van der Waals surface area (Å²) in [7, 11) is 0. The van der Waals surface area contributed by atoms with Crippen LogP contribution < -0.4 is 10.6 Å². The van der Waals surface area contributed by atoms with E-state index in [0.717, 1.165) is 37.1 Å². The molecule has 2 N–H and O–H groups in total. The number of aryl methyl sites for hydroxylation is 1. The Morgan fingerprint density at radius 3 is 2.41 bits per heavy atom. The molecule has 0 bridgehead atoms. The van der Waals surface area contributed by atoms with Crippen molar-refractivity contribution in [2.24, 2.45) is 4.99 Å². The molecule has 5 nitrogen and oxygen atoms in total. The summed E-state index contributed by atoms with van der Waals surface area (Å²) in [5.41, 5.74) is 1.33. The lowest BCUT2D eigenvalue weighted by Crippen LogP contribution is -2.43. The molecule has 0 aliphatic carbocycles. The summed E-state index contributed by atoms with van der Waals surface area (Å²) in [5, 5.41) is 7.96. The third-order valence-corrected chi connectivity index (χ3v) is 5.20. The lowest BCUT2D eigenvalue weighted by molar-refractivity contribution is 0.219. The van der Waals surface area contributed by atoms with Crippen molar-refractivity contribution >= 4 is 41.3 Å². The number of hydrogen-bond donors (Lipinski definition) is 2. The Kier molecular flexibility index (Phi) is 11.5. The van der Waals surface area contributed by atoms with Crippen molar-refractivity contribution in [3.8, 4) is 0 Å². The van der Waals surface area contributed by atoms with Gasteiger partial charge in [-0.05, 0) is 32.5 Å². The lowest BCUT2D eigenvalue weighted by atomic mass is 10.1. The summed E-state index contributed by atoms with van der Waals surface area (Å²) >= 11 is 1.70. The minimum Gasteiger partial charge on any atom is -0.357 e. The molecule has 0 fully saturated rings. The zero-order valence-corrected chi connectivity index (χ0v) is 19.9. The summed E-state index contributed by atoms with van der Waals surface area (Å²) in [6.07, 6.45) is 1.91. The number of likely N-dealkylation sites (N-methyl/N-ethyl adjacent to an activating group) is 1. The minimum atomic E-state index is 0. The molecule has 150 valence electrons. The zero-order chi connectivity index (χ0) is 18.8. The van der Waals surface area contributed by atoms with Crippen molar-refractivity contribution in [2.75, 3.05) is 26.2 Å². The van der Waals surface area contributed by atoms with Crippen LogP contribution in [0.25, 0.3) is 0 Å². The summed E-state index contributed by atoms with van der Waals surface area (Å²) < 4.78 is 0. The van der Waals surface area contributed by atoms with Crippen molar-refractivity contribution < 1.29 is 0 Å². The summed E-state index contributed by atoms with van der Waals surface area (Å²) in [6, 6.07) is 11.0. The van der Waals surface area contributed by atoms with Crippen LogP contribution in [-0.2, 0) is 6.54 Å². The van der Waals surface area contributed by atoms with E-state index in [0.29, 0.717) is 12.6 Å². The van der Waals surface area contributed by atoms with Crippen molar-refractivity contribution in [3.05, 3.63) is 52.0 Å². The number of nitrogens with zero attached hydrogens (tertiary/aromatic N) is 3. The number of aromatic nitrogens is 1. The van der Waals surface area contributed by atoms with Crippen LogP contribution in [0.3, 0.4) is 0 Å². The van der Waals surface area contributed by atoms with Gasteiger partial charge in [-0.15, -0.1) is 35.3 Å². The van der Waals surface area contributed by atoms with E-state index in [-0.39, 0.29) is 24.0 Å². The van der Waals surface area contributed by atoms with Crippen LogP contribution in [0.1, 0.15) is 42.3 Å². The maximum absolute atomic E-state index is 4.72. The summed E-state index contributed by atoms with van der Waals surface area (Å²) in [6.45, 7) is 12.9. The predicted molar refractivity (Wildman–Crippen MR) is 127 cm³/mol. The second-order valence-corrected chi connectivity index (χ2v) is 7.39. The highest BCUT2D eigenvalue weighted by molar-refractivity contribution is 14.0. The maximum Gasteiger partial charge on any atom is 0.191 e. The van der Waals surface area contributed by atoms with E-state index < -0.39 is 0 Å². The second-order valence-electron chi connectivity index (χ2n) is 6.07. The standard InChI is InChI=1S/C20H31N5S.HI/c1-5-21-20(23-14-18-13-22-16(4)26-18)24-15-19(25(6-2)7-3)17-11-9-8-10-12-17;/h8-13,19H,5-7,14-15H2,1-4H3,(H2,21,23,24);1H. The quantitative estimate of drug-likeness (QED) is 0.307. The van der Waals surface area contributed by atoms with Crippen LogP contribution in [0.4, 0.5) is 0 Å². The maximum atomic E-state index is 4.72. The van der Waals surface area contributed by atoms with Gasteiger partial charge in [0, 0.05) is 24.2 Å². The average Bonchev–Trinajstić information content (AvgIpc) is 3.09. The van der Waals surface area contributed by atoms with E-state index in [1.54, 1.807) is 11.3 Å². The van der Waals surface area contributed by atoms with Crippen molar-refractivity contribution in [2.45, 2.75) is 40.3 Å². The molecule has 0 aliphatic heterocycles. The molecule has 0 amide bonds. The van der Waals surface area contributed by atoms with Gasteiger partial charge in [0.1, 0.15) is 0 Å². The molecule has 0 spiro atoms. The Morgan fingerprint density at radius 2 is 1.85 bits per heavy atom. The molecule has 1 unspecified atom stereocenters. The van der Waals surface area contributed by atoms with Gasteiger partial charge < -0.3 is 10.6 Å². The fourth-order valence-corrected chi connectivity index (χ4v) is 3.69. The van der Waals surface area contributed by atoms with Gasteiger partial charge in [-0.1, -0.05) is 44.2 Å². The number of aliphatic imine (C=N–C) groups is 1. The molecule has 7 heteroatoms. The van der Waals surface area contributed by atoms with Gasteiger partial charge in [-0.25, -0.2) is 9.98 Å². The molecular formula is C20H32IN5S. The molecular weight excluding hydrogens is 469 g/mol. The van der Waals surface area contributed by atoms with E-state index in [9.17, 15) is 0 Å². The number of rotatable bonds is 9. The van der Waals surface area contributed by atoms with Gasteiger partial charge in [-0.2, -0.15) is 0 Å². The predicted octanol–water partition coefficient (Wildman–Crippen LogP) is 4.21. The molecule has 0 radical (unpaired) electrons.